The maximum Gasteiger partial charge on any atom is 0.401 e. The van der Waals surface area contributed by atoms with Gasteiger partial charge >= 0.3 is 12.1 Å². The highest BCUT2D eigenvalue weighted by atomic mass is 19.4. The van der Waals surface area contributed by atoms with Crippen LogP contribution in [-0.2, 0) is 9.53 Å². The Morgan fingerprint density at radius 2 is 1.89 bits per heavy atom. The summed E-state index contributed by atoms with van der Waals surface area (Å²) in [5.74, 6) is 0.747. The molecule has 27 heavy (non-hydrogen) atoms. The Hall–Kier alpha value is -1.51. The van der Waals surface area contributed by atoms with Gasteiger partial charge in [0.2, 0.25) is 0 Å². The summed E-state index contributed by atoms with van der Waals surface area (Å²) in [4.78, 5) is 20.1. The molecule has 2 fully saturated rings. The molecule has 0 aromatic rings. The van der Waals surface area contributed by atoms with Crippen molar-refractivity contribution in [2.75, 3.05) is 52.4 Å². The normalized spacial score (nSPS) is 22.9. The quantitative estimate of drug-likeness (QED) is 0.426. The maximum absolute atomic E-state index is 12.5. The van der Waals surface area contributed by atoms with Crippen molar-refractivity contribution < 1.29 is 22.7 Å². The minimum absolute atomic E-state index is 0.0603. The van der Waals surface area contributed by atoms with Crippen molar-refractivity contribution >= 4 is 11.9 Å². The van der Waals surface area contributed by atoms with E-state index in [9.17, 15) is 18.0 Å². The van der Waals surface area contributed by atoms with Crippen LogP contribution in [0.15, 0.2) is 4.99 Å². The monoisotopic (exact) mass is 392 g/mol. The van der Waals surface area contributed by atoms with Crippen molar-refractivity contribution in [2.45, 2.75) is 39.3 Å². The predicted octanol–water partition coefficient (Wildman–Crippen LogP) is 2.11. The molecule has 2 aliphatic heterocycles. The molecule has 1 unspecified atom stereocenters. The first-order valence-corrected chi connectivity index (χ1v) is 9.81. The minimum Gasteiger partial charge on any atom is -0.466 e. The molecule has 2 aliphatic rings. The van der Waals surface area contributed by atoms with E-state index in [1.807, 2.05) is 13.8 Å². The van der Waals surface area contributed by atoms with Crippen LogP contribution in [0.4, 0.5) is 13.2 Å². The lowest BCUT2D eigenvalue weighted by Crippen LogP contribution is -2.47. The summed E-state index contributed by atoms with van der Waals surface area (Å²) in [6, 6.07) is 0. The summed E-state index contributed by atoms with van der Waals surface area (Å²) < 4.78 is 42.6. The third kappa shape index (κ3) is 7.20. The number of halogens is 3. The van der Waals surface area contributed by atoms with Crippen LogP contribution >= 0.6 is 0 Å². The molecule has 156 valence electrons. The highest BCUT2D eigenvalue weighted by Gasteiger charge is 2.34. The number of carbonyl (C=O) groups is 1. The predicted molar refractivity (Wildman–Crippen MR) is 97.5 cm³/mol. The number of nitrogens with one attached hydrogen (secondary N) is 1. The summed E-state index contributed by atoms with van der Waals surface area (Å²) in [5, 5.41) is 3.26. The number of guanidine groups is 1. The van der Waals surface area contributed by atoms with E-state index >= 15 is 0 Å². The van der Waals surface area contributed by atoms with E-state index in [0.717, 1.165) is 44.9 Å². The highest BCUT2D eigenvalue weighted by molar-refractivity contribution is 5.80. The number of hydrogen-bond donors (Lipinski definition) is 1. The third-order valence-corrected chi connectivity index (χ3v) is 5.02. The number of hydrogen-bond acceptors (Lipinski definition) is 4. The number of alkyl halides is 3. The summed E-state index contributed by atoms with van der Waals surface area (Å²) >= 11 is 0. The lowest BCUT2D eigenvalue weighted by molar-refractivity contribution is -0.149. The van der Waals surface area contributed by atoms with Gasteiger partial charge in [0.05, 0.1) is 19.1 Å². The molecule has 0 spiro atoms. The smallest absolute Gasteiger partial charge is 0.401 e. The Labute approximate surface area is 159 Å². The topological polar surface area (TPSA) is 57.2 Å². The highest BCUT2D eigenvalue weighted by Crippen LogP contribution is 2.23. The fourth-order valence-electron chi connectivity index (χ4n) is 3.69. The van der Waals surface area contributed by atoms with Crippen LogP contribution in [0.25, 0.3) is 0 Å². The fraction of sp³-hybridized carbons (Fsp3) is 0.889. The van der Waals surface area contributed by atoms with Gasteiger partial charge in [-0.2, -0.15) is 13.2 Å². The molecule has 1 N–H and O–H groups in total. The number of carbonyl (C=O) groups excluding carboxylic acids is 1. The van der Waals surface area contributed by atoms with E-state index in [1.54, 1.807) is 0 Å². The molecule has 6 nitrogen and oxygen atoms in total. The molecule has 0 aromatic heterocycles. The van der Waals surface area contributed by atoms with Crippen LogP contribution in [0.5, 0.6) is 0 Å². The van der Waals surface area contributed by atoms with Crippen molar-refractivity contribution in [1.82, 2.24) is 15.1 Å². The van der Waals surface area contributed by atoms with Gasteiger partial charge in [0.1, 0.15) is 0 Å². The van der Waals surface area contributed by atoms with Crippen LogP contribution < -0.4 is 5.32 Å². The van der Waals surface area contributed by atoms with E-state index in [0.29, 0.717) is 26.2 Å². The molecular weight excluding hydrogens is 361 g/mol. The summed E-state index contributed by atoms with van der Waals surface area (Å²) in [7, 11) is 0. The van der Waals surface area contributed by atoms with Gasteiger partial charge in [-0.05, 0) is 45.6 Å². The second-order valence-corrected chi connectivity index (χ2v) is 7.21. The molecule has 0 bridgehead atoms. The molecule has 0 amide bonds. The number of nitrogens with zero attached hydrogens (tertiary/aromatic N) is 3. The molecule has 1 atom stereocenters. The number of esters is 1. The summed E-state index contributed by atoms with van der Waals surface area (Å²) in [6.07, 6.45) is -1.95. The van der Waals surface area contributed by atoms with Crippen molar-refractivity contribution in [1.29, 1.82) is 0 Å². The Balaban J connectivity index is 1.84. The van der Waals surface area contributed by atoms with Crippen molar-refractivity contribution in [3.05, 3.63) is 0 Å². The third-order valence-electron chi connectivity index (χ3n) is 5.02. The van der Waals surface area contributed by atoms with Gasteiger partial charge in [-0.3, -0.25) is 14.7 Å². The van der Waals surface area contributed by atoms with E-state index in [-0.39, 0.29) is 17.8 Å². The summed E-state index contributed by atoms with van der Waals surface area (Å²) in [6.45, 7) is 6.96. The van der Waals surface area contributed by atoms with Gasteiger partial charge in [0, 0.05) is 32.7 Å². The van der Waals surface area contributed by atoms with Gasteiger partial charge in [-0.1, -0.05) is 0 Å². The number of likely N-dealkylation sites (tertiary alicyclic amines) is 2. The van der Waals surface area contributed by atoms with Crippen LogP contribution in [0.1, 0.15) is 33.1 Å². The van der Waals surface area contributed by atoms with Gasteiger partial charge in [0.25, 0.3) is 0 Å². The molecule has 2 saturated heterocycles. The zero-order chi connectivity index (χ0) is 19.9. The standard InChI is InChI=1S/C18H31F3N4O2/c1-3-22-17(25-9-6-15(7-10-25)16(26)27-4-2)23-11-14-5-8-24(12-14)13-18(19,20)21/h14-15H,3-13H2,1-2H3,(H,22,23). The number of piperidine rings is 1. The molecular formula is C18H31F3N4O2. The van der Waals surface area contributed by atoms with Crippen molar-refractivity contribution in [2.24, 2.45) is 16.8 Å². The number of rotatable bonds is 6. The Kier molecular flexibility index (Phi) is 8.19. The van der Waals surface area contributed by atoms with Gasteiger partial charge in [-0.15, -0.1) is 0 Å². The van der Waals surface area contributed by atoms with E-state index in [1.165, 1.54) is 4.90 Å². The zero-order valence-corrected chi connectivity index (χ0v) is 16.2. The largest absolute Gasteiger partial charge is 0.466 e. The fourth-order valence-corrected chi connectivity index (χ4v) is 3.69. The lowest BCUT2D eigenvalue weighted by atomic mass is 9.97. The van der Waals surface area contributed by atoms with E-state index in [2.05, 4.69) is 15.2 Å². The maximum atomic E-state index is 12.5. The second-order valence-electron chi connectivity index (χ2n) is 7.21. The van der Waals surface area contributed by atoms with Gasteiger partial charge < -0.3 is 15.0 Å². The molecule has 2 rings (SSSR count). The molecule has 0 aromatic carbocycles. The molecule has 0 saturated carbocycles. The van der Waals surface area contributed by atoms with Crippen molar-refractivity contribution in [3.63, 3.8) is 0 Å². The average Bonchev–Trinajstić information content (AvgIpc) is 3.04. The number of ether oxygens (including phenoxy) is 1. The molecule has 0 aliphatic carbocycles. The van der Waals surface area contributed by atoms with E-state index < -0.39 is 12.7 Å². The van der Waals surface area contributed by atoms with Crippen LogP contribution in [0, 0.1) is 11.8 Å². The van der Waals surface area contributed by atoms with Crippen molar-refractivity contribution in [3.8, 4) is 0 Å². The second kappa shape index (κ2) is 10.1. The zero-order valence-electron chi connectivity index (χ0n) is 16.2. The first-order chi connectivity index (χ1) is 12.8. The first-order valence-electron chi connectivity index (χ1n) is 9.81. The van der Waals surface area contributed by atoms with Crippen LogP contribution in [-0.4, -0.2) is 80.3 Å². The van der Waals surface area contributed by atoms with Crippen LogP contribution in [0.3, 0.4) is 0 Å². The minimum atomic E-state index is -4.14. The first kappa shape index (κ1) is 21.8. The molecule has 0 radical (unpaired) electrons. The van der Waals surface area contributed by atoms with Gasteiger partial charge in [0.15, 0.2) is 5.96 Å². The Bertz CT molecular complexity index is 505. The lowest BCUT2D eigenvalue weighted by Gasteiger charge is -2.33. The van der Waals surface area contributed by atoms with E-state index in [4.69, 9.17) is 4.74 Å². The Morgan fingerprint density at radius 1 is 1.19 bits per heavy atom. The molecule has 9 heteroatoms. The summed E-state index contributed by atoms with van der Waals surface area (Å²) in [5.41, 5.74) is 0. The Morgan fingerprint density at radius 3 is 2.48 bits per heavy atom. The number of aliphatic imine (C=N–C) groups is 1. The van der Waals surface area contributed by atoms with Gasteiger partial charge in [-0.25, -0.2) is 0 Å². The molecule has 2 heterocycles. The van der Waals surface area contributed by atoms with Crippen LogP contribution in [0.2, 0.25) is 0 Å². The average molecular weight is 392 g/mol. The SMILES string of the molecule is CCNC(=NCC1CCN(CC(F)(F)F)C1)N1CCC(C(=O)OCC)CC1.